The molecule has 6 aromatic carbocycles. The van der Waals surface area contributed by atoms with Gasteiger partial charge in [-0.3, -0.25) is 53.3 Å². The topological polar surface area (TPSA) is 571 Å². The number of amides is 9. The number of hydroxylamine groups is 1. The molecule has 0 spiro atoms. The molecule has 120 heavy (non-hydrogen) atoms. The van der Waals surface area contributed by atoms with Gasteiger partial charge in [0.15, 0.2) is 23.9 Å². The second-order valence-electron chi connectivity index (χ2n) is 29.8. The van der Waals surface area contributed by atoms with Gasteiger partial charge in [-0.2, -0.15) is 0 Å². The summed E-state index contributed by atoms with van der Waals surface area (Å²) in [5, 5.41) is 139. The summed E-state index contributed by atoms with van der Waals surface area (Å²) in [6.07, 6.45) is -16.7. The number of carbonyl (C=O) groups is 9. The van der Waals surface area contributed by atoms with Crippen LogP contribution < -0.4 is 73.3 Å². The maximum atomic E-state index is 16.3. The molecule has 8 heterocycles. The maximum absolute atomic E-state index is 16.3. The number of hydrogen-bond acceptors (Lipinski definition) is 28. The van der Waals surface area contributed by atoms with Crippen LogP contribution in [0.4, 0.5) is 5.69 Å². The minimum Gasteiger partial charge on any atom is -0.508 e. The van der Waals surface area contributed by atoms with E-state index in [2.05, 4.69) is 52.8 Å². The molecule has 37 nitrogen and oxygen atoms in total. The summed E-state index contributed by atoms with van der Waals surface area (Å²) in [5.41, 5.74) is 3.75. The number of phenolic OH excluding ortho intramolecular Hbond substituents is 3. The number of aliphatic hydroxyl groups excluding tert-OH is 6. The number of fused-ring (bicyclic) bond motifs is 15. The first-order chi connectivity index (χ1) is 56.9. The van der Waals surface area contributed by atoms with E-state index in [0.29, 0.717) is 11.3 Å². The molecule has 22 N–H and O–H groups in total. The van der Waals surface area contributed by atoms with Crippen LogP contribution in [0.5, 0.6) is 46.0 Å². The fourth-order valence-corrected chi connectivity index (χ4v) is 15.5. The third kappa shape index (κ3) is 19.5. The Hall–Kier alpha value is -10.8. The highest BCUT2D eigenvalue weighted by Crippen LogP contribution is 2.50. The third-order valence-electron chi connectivity index (χ3n) is 20.7. The van der Waals surface area contributed by atoms with Gasteiger partial charge in [-0.05, 0) is 145 Å². The molecule has 638 valence electrons. The summed E-state index contributed by atoms with van der Waals surface area (Å²) in [6.45, 7) is 5.68. The Kier molecular flexibility index (Phi) is 27.3. The lowest BCUT2D eigenvalue weighted by molar-refractivity contribution is -0.334. The van der Waals surface area contributed by atoms with Crippen molar-refractivity contribution in [3.05, 3.63) is 175 Å². The van der Waals surface area contributed by atoms with Crippen LogP contribution in [0.2, 0.25) is 20.1 Å². The lowest BCUT2D eigenvalue weighted by Crippen LogP contribution is -2.65. The molecule has 7 aliphatic heterocycles. The van der Waals surface area contributed by atoms with E-state index < -0.39 is 248 Å². The van der Waals surface area contributed by atoms with Crippen molar-refractivity contribution in [3.8, 4) is 57.1 Å². The monoisotopic (exact) mass is 1740 g/mol. The quantitative estimate of drug-likeness (QED) is 0.0433. The molecule has 1 aromatic heterocycles. The van der Waals surface area contributed by atoms with Crippen LogP contribution in [0.3, 0.4) is 0 Å². The van der Waals surface area contributed by atoms with Crippen LogP contribution in [-0.2, 0) is 59.1 Å². The summed E-state index contributed by atoms with van der Waals surface area (Å²) >= 11 is 26.7. The Bertz CT molecular complexity index is 5130. The van der Waals surface area contributed by atoms with Gasteiger partial charge < -0.3 is 128 Å². The van der Waals surface area contributed by atoms with Crippen molar-refractivity contribution in [2.24, 2.45) is 11.7 Å². The van der Waals surface area contributed by atoms with Crippen molar-refractivity contribution in [1.29, 1.82) is 0 Å². The molecule has 0 saturated carbocycles. The van der Waals surface area contributed by atoms with Crippen molar-refractivity contribution >= 4 is 105 Å². The van der Waals surface area contributed by atoms with E-state index in [1.54, 1.807) is 13.0 Å². The summed E-state index contributed by atoms with van der Waals surface area (Å²) in [4.78, 5) is 136. The Morgan fingerprint density at radius 2 is 1.32 bits per heavy atom. The van der Waals surface area contributed by atoms with Crippen molar-refractivity contribution in [3.63, 3.8) is 0 Å². The van der Waals surface area contributed by atoms with Crippen molar-refractivity contribution < 1.29 is 123 Å². The molecule has 14 rings (SSSR count). The van der Waals surface area contributed by atoms with Gasteiger partial charge in [0.2, 0.25) is 53.4 Å². The highest BCUT2D eigenvalue weighted by molar-refractivity contribution is 6.35. The van der Waals surface area contributed by atoms with E-state index in [-0.39, 0.29) is 63.4 Å². The molecule has 18 unspecified atom stereocenters. The van der Waals surface area contributed by atoms with Crippen molar-refractivity contribution in [2.45, 2.75) is 163 Å². The largest absolute Gasteiger partial charge is 0.508 e. The number of aromatic hydroxyl groups is 3. The highest BCUT2D eigenvalue weighted by Gasteiger charge is 2.52. The standard InChI is InChI=1S/C79H84Cl4N12O25/c1-30(2)12-46(85-5)71(107)93-61-63(101)34-7-10-50(44(82)15-34)116-52-17-36-18-53(67(52)120-78-68(66(104)65(103)54(29-96)118-78)119-56-25-79(4,69(105)31(3)115-56)87-27-32-13-37(28-86-26-32)70(106)88-40-20-38(80)19-39(81)21-40)117-51-11-8-35(16-45(51)83)64(102)62-76(112)92-60(77(113)95-114)43-22-41(97)23-49(99)57(43)42-14-33(6-9-48(42)98)58(73(109)94-62)91-74(110)59(36)90-72(108)47(24-55(84)100)89-75(61)111/h6-11,13-23,26,28,30-31,46-47,54,56,58-66,68-69,78,85,87,96-99,101-105,114H,12,24-25,27,29H2,1-5H3,(H2,84,100)(H,88,106)(H,89,111)(H,90,108)(H,91,110)(H,92,112)(H,93,107)(H,94,109)(H,95,113). The number of phenols is 3. The molecule has 18 atom stereocenters. The normalized spacial score (nSPS) is 26.5. The predicted octanol–water partition coefficient (Wildman–Crippen LogP) is 3.31. The molecule has 9 amide bonds. The molecule has 0 radical (unpaired) electrons. The first kappa shape index (κ1) is 88.5. The highest BCUT2D eigenvalue weighted by atomic mass is 35.5. The van der Waals surface area contributed by atoms with Gasteiger partial charge >= 0.3 is 0 Å². The van der Waals surface area contributed by atoms with E-state index in [4.69, 9.17) is 80.6 Å². The minimum atomic E-state index is -2.39. The number of nitrogens with one attached hydrogen (secondary N) is 10. The Morgan fingerprint density at radius 1 is 0.692 bits per heavy atom. The lowest BCUT2D eigenvalue weighted by atomic mass is 9.84. The van der Waals surface area contributed by atoms with Gasteiger partial charge in [0.25, 0.3) is 11.8 Å². The molecular formula is C79H84Cl4N12O25. The van der Waals surface area contributed by atoms with Crippen molar-refractivity contribution in [1.82, 2.24) is 53.0 Å². The predicted molar refractivity (Wildman–Crippen MR) is 423 cm³/mol. The molecule has 11 bridgehead atoms. The molecule has 0 aliphatic carbocycles. The van der Waals surface area contributed by atoms with Gasteiger partial charge in [0.05, 0.1) is 46.9 Å². The van der Waals surface area contributed by atoms with Gasteiger partial charge in [0.1, 0.15) is 95.5 Å². The van der Waals surface area contributed by atoms with Gasteiger partial charge in [-0.1, -0.05) is 78.5 Å². The second-order valence-corrected chi connectivity index (χ2v) is 31.5. The SMILES string of the molecule is CNC(CC(C)C)C(=O)NC1C(=O)NC(CC(N)=O)C(=O)NC2C(=O)NC3C(=O)NC(C(=O)NC(C(=O)NO)c4cc(O)cc(O)c4-c4cc3ccc4O)C(O)c3ccc(c(Cl)c3)Oc3cc2cc(c3OC2OC(CO)C(O)C(O)C2OC2CC(C)(NCc3cncc(C(=O)Nc4cc(Cl)cc(Cl)c4)c3)C(O)C(C)O2)Oc2ccc(cc2Cl)C1O. The number of likely N-dealkylation sites (N-methyl/N-ethyl adjacent to an activating group) is 1. The number of anilines is 1. The number of hydrogen-bond donors (Lipinski definition) is 21. The smallest absolute Gasteiger partial charge is 0.270 e. The summed E-state index contributed by atoms with van der Waals surface area (Å²) in [7, 11) is 1.47. The molecule has 2 saturated heterocycles. The molecule has 7 aromatic rings. The van der Waals surface area contributed by atoms with Crippen LogP contribution in [0.15, 0.2) is 116 Å². The molecule has 7 aliphatic rings. The van der Waals surface area contributed by atoms with Crippen molar-refractivity contribution in [2.75, 3.05) is 19.0 Å². The minimum absolute atomic E-state index is 0.0506. The third-order valence-corrected chi connectivity index (χ3v) is 21.8. The molecular weight excluding hydrogens is 1660 g/mol. The van der Waals surface area contributed by atoms with Crippen LogP contribution in [0.1, 0.15) is 121 Å². The van der Waals surface area contributed by atoms with Crippen LogP contribution in [0, 0.1) is 5.92 Å². The number of halogens is 4. The molecule has 2 fully saturated rings. The maximum Gasteiger partial charge on any atom is 0.270 e. The van der Waals surface area contributed by atoms with Gasteiger partial charge in [-0.25, -0.2) is 5.48 Å². The van der Waals surface area contributed by atoms with E-state index in [1.165, 1.54) is 62.2 Å². The fourth-order valence-electron chi connectivity index (χ4n) is 14.6. The first-order valence-corrected chi connectivity index (χ1v) is 38.8. The number of aliphatic hydroxyl groups is 6. The fraction of sp³-hybridized carbons (Fsp3) is 0.367. The number of rotatable bonds is 18. The van der Waals surface area contributed by atoms with Gasteiger partial charge in [-0.15, -0.1) is 0 Å². The zero-order valence-corrected chi connectivity index (χ0v) is 67.1. The number of benzene rings is 6. The number of nitrogens with zero attached hydrogens (tertiary/aromatic N) is 1. The number of ether oxygens (including phenoxy) is 6. The van der Waals surface area contributed by atoms with E-state index in [9.17, 15) is 75.1 Å². The lowest BCUT2D eigenvalue weighted by Gasteiger charge is -2.48. The van der Waals surface area contributed by atoms with Crippen LogP contribution >= 0.6 is 46.4 Å². The Morgan fingerprint density at radius 3 is 1.95 bits per heavy atom. The van der Waals surface area contributed by atoms with E-state index in [0.717, 1.165) is 66.7 Å². The first-order valence-electron chi connectivity index (χ1n) is 37.3. The number of carbonyl (C=O) groups excluding carboxylic acids is 9. The van der Waals surface area contributed by atoms with Crippen LogP contribution in [0.25, 0.3) is 11.1 Å². The zero-order chi connectivity index (χ0) is 86.8. The Balaban J connectivity index is 1.03. The van der Waals surface area contributed by atoms with Crippen LogP contribution in [-0.4, -0.2) is 202 Å². The summed E-state index contributed by atoms with van der Waals surface area (Å²) in [6, 6.07) is 5.15. The van der Waals surface area contributed by atoms with E-state index >= 15 is 19.2 Å². The number of nitrogens with two attached hydrogens (primary N) is 1. The number of aromatic nitrogens is 1. The summed E-state index contributed by atoms with van der Waals surface area (Å²) in [5.74, 6) is -16.5. The Labute approximate surface area is 702 Å². The number of pyridine rings is 1. The average Bonchev–Trinajstić information content (AvgIpc) is 0.765. The van der Waals surface area contributed by atoms with E-state index in [1.807, 2.05) is 13.8 Å². The molecule has 41 heteroatoms. The van der Waals surface area contributed by atoms with Gasteiger partial charge in [0, 0.05) is 63.8 Å². The summed E-state index contributed by atoms with van der Waals surface area (Å²) < 4.78 is 39.4. The zero-order valence-electron chi connectivity index (χ0n) is 64.0. The second kappa shape index (κ2) is 37.0. The average molecular weight is 1740 g/mol. The number of primary amides is 1.